The summed E-state index contributed by atoms with van der Waals surface area (Å²) in [5, 5.41) is 5.65. The van der Waals surface area contributed by atoms with E-state index < -0.39 is 0 Å². The van der Waals surface area contributed by atoms with Crippen molar-refractivity contribution in [3.8, 4) is 0 Å². The van der Waals surface area contributed by atoms with E-state index in [0.717, 1.165) is 17.4 Å². The minimum atomic E-state index is 0.334. The Morgan fingerprint density at radius 2 is 2.22 bits per heavy atom. The van der Waals surface area contributed by atoms with Gasteiger partial charge in [0.1, 0.15) is 0 Å². The molecular weight excluding hydrogens is 376 g/mol. The van der Waals surface area contributed by atoms with Gasteiger partial charge in [-0.05, 0) is 67.9 Å². The van der Waals surface area contributed by atoms with Crippen LogP contribution in [0.5, 0.6) is 0 Å². The standard InChI is InChI=1S/C13H14Br2N2S/c1-2-17-12(13-11(15)3-4-18-13)6-9-5-10(14)8-16-7-9/h3-5,7-8,12,17H,2,6H2,1H3. The predicted octanol–water partition coefficient (Wildman–Crippen LogP) is 4.56. The molecule has 0 amide bonds. The first-order chi connectivity index (χ1) is 8.70. The average molecular weight is 390 g/mol. The van der Waals surface area contributed by atoms with Crippen LogP contribution in [0.15, 0.2) is 38.9 Å². The maximum atomic E-state index is 4.22. The summed E-state index contributed by atoms with van der Waals surface area (Å²) in [5.74, 6) is 0. The average Bonchev–Trinajstić information content (AvgIpc) is 2.75. The predicted molar refractivity (Wildman–Crippen MR) is 84.1 cm³/mol. The second kappa shape index (κ2) is 6.80. The number of aromatic nitrogens is 1. The fourth-order valence-electron chi connectivity index (χ4n) is 1.86. The number of rotatable bonds is 5. The summed E-state index contributed by atoms with van der Waals surface area (Å²) in [6.07, 6.45) is 4.68. The van der Waals surface area contributed by atoms with Crippen LogP contribution in [-0.4, -0.2) is 11.5 Å². The summed E-state index contributed by atoms with van der Waals surface area (Å²) in [4.78, 5) is 5.56. The van der Waals surface area contributed by atoms with Crippen LogP contribution in [0.2, 0.25) is 0 Å². The molecule has 0 bridgehead atoms. The van der Waals surface area contributed by atoms with E-state index in [0.29, 0.717) is 6.04 Å². The zero-order chi connectivity index (χ0) is 13.0. The molecule has 0 radical (unpaired) electrons. The summed E-state index contributed by atoms with van der Waals surface area (Å²) < 4.78 is 2.21. The first-order valence-corrected chi connectivity index (χ1v) is 8.23. The van der Waals surface area contributed by atoms with Gasteiger partial charge >= 0.3 is 0 Å². The number of pyridine rings is 1. The highest BCUT2D eigenvalue weighted by Crippen LogP contribution is 2.31. The number of thiophene rings is 1. The smallest absolute Gasteiger partial charge is 0.0467 e. The lowest BCUT2D eigenvalue weighted by Crippen LogP contribution is -2.22. The first kappa shape index (κ1) is 14.2. The van der Waals surface area contributed by atoms with E-state index in [1.165, 1.54) is 14.9 Å². The van der Waals surface area contributed by atoms with Crippen LogP contribution in [-0.2, 0) is 6.42 Å². The Morgan fingerprint density at radius 1 is 1.39 bits per heavy atom. The van der Waals surface area contributed by atoms with Gasteiger partial charge in [0.15, 0.2) is 0 Å². The van der Waals surface area contributed by atoms with Crippen LogP contribution in [0.1, 0.15) is 23.4 Å². The van der Waals surface area contributed by atoms with E-state index >= 15 is 0 Å². The monoisotopic (exact) mass is 388 g/mol. The van der Waals surface area contributed by atoms with Crippen molar-refractivity contribution in [2.75, 3.05) is 6.54 Å². The lowest BCUT2D eigenvalue weighted by molar-refractivity contribution is 0.556. The molecule has 2 heterocycles. The van der Waals surface area contributed by atoms with Gasteiger partial charge in [0, 0.05) is 32.3 Å². The molecule has 2 nitrogen and oxygen atoms in total. The Hall–Kier alpha value is -0.230. The number of likely N-dealkylation sites (N-methyl/N-ethyl adjacent to an activating group) is 1. The molecular formula is C13H14Br2N2S. The van der Waals surface area contributed by atoms with Crippen molar-refractivity contribution >= 4 is 43.2 Å². The molecule has 96 valence electrons. The van der Waals surface area contributed by atoms with E-state index in [-0.39, 0.29) is 0 Å². The molecule has 0 saturated carbocycles. The van der Waals surface area contributed by atoms with Crippen molar-refractivity contribution in [2.24, 2.45) is 0 Å². The fourth-order valence-corrected chi connectivity index (χ4v) is 4.00. The van der Waals surface area contributed by atoms with Gasteiger partial charge in [-0.25, -0.2) is 0 Å². The Bertz CT molecular complexity index is 513. The Labute approximate surface area is 128 Å². The molecule has 0 aliphatic heterocycles. The van der Waals surface area contributed by atoms with Gasteiger partial charge in [0.05, 0.1) is 0 Å². The van der Waals surface area contributed by atoms with Gasteiger partial charge in [-0.3, -0.25) is 4.98 Å². The summed E-state index contributed by atoms with van der Waals surface area (Å²) in [7, 11) is 0. The molecule has 1 atom stereocenters. The fraction of sp³-hybridized carbons (Fsp3) is 0.308. The highest BCUT2D eigenvalue weighted by Gasteiger charge is 2.15. The third-order valence-electron chi connectivity index (χ3n) is 2.61. The van der Waals surface area contributed by atoms with Crippen LogP contribution in [0, 0.1) is 0 Å². The van der Waals surface area contributed by atoms with Crippen molar-refractivity contribution < 1.29 is 0 Å². The molecule has 0 spiro atoms. The highest BCUT2D eigenvalue weighted by atomic mass is 79.9. The van der Waals surface area contributed by atoms with Gasteiger partial charge in [-0.1, -0.05) is 6.92 Å². The highest BCUT2D eigenvalue weighted by molar-refractivity contribution is 9.10. The van der Waals surface area contributed by atoms with Gasteiger partial charge in [-0.15, -0.1) is 11.3 Å². The lowest BCUT2D eigenvalue weighted by Gasteiger charge is -2.17. The number of nitrogens with zero attached hydrogens (tertiary/aromatic N) is 1. The van der Waals surface area contributed by atoms with Gasteiger partial charge in [0.25, 0.3) is 0 Å². The largest absolute Gasteiger partial charge is 0.309 e. The molecule has 5 heteroatoms. The van der Waals surface area contributed by atoms with Crippen molar-refractivity contribution in [1.82, 2.24) is 10.3 Å². The van der Waals surface area contributed by atoms with Gasteiger partial charge in [0.2, 0.25) is 0 Å². The summed E-state index contributed by atoms with van der Waals surface area (Å²) >= 11 is 8.85. The van der Waals surface area contributed by atoms with Crippen LogP contribution in [0.25, 0.3) is 0 Å². The molecule has 2 rings (SSSR count). The molecule has 0 fully saturated rings. The second-order valence-corrected chi connectivity index (χ2v) is 6.68. The summed E-state index contributed by atoms with van der Waals surface area (Å²) in [6, 6.07) is 4.56. The molecule has 2 aromatic heterocycles. The van der Waals surface area contributed by atoms with Gasteiger partial charge in [-0.2, -0.15) is 0 Å². The minimum absolute atomic E-state index is 0.334. The van der Waals surface area contributed by atoms with E-state index in [9.17, 15) is 0 Å². The van der Waals surface area contributed by atoms with E-state index in [1.54, 1.807) is 11.3 Å². The van der Waals surface area contributed by atoms with Crippen molar-refractivity contribution in [3.05, 3.63) is 49.3 Å². The molecule has 0 aromatic carbocycles. The molecule has 18 heavy (non-hydrogen) atoms. The number of halogens is 2. The molecule has 1 unspecified atom stereocenters. The van der Waals surface area contributed by atoms with Crippen molar-refractivity contribution in [2.45, 2.75) is 19.4 Å². The van der Waals surface area contributed by atoms with E-state index in [2.05, 4.69) is 66.6 Å². The topological polar surface area (TPSA) is 24.9 Å². The second-order valence-electron chi connectivity index (χ2n) is 3.96. The quantitative estimate of drug-likeness (QED) is 0.810. The molecule has 0 aliphatic rings. The number of hydrogen-bond acceptors (Lipinski definition) is 3. The van der Waals surface area contributed by atoms with E-state index in [4.69, 9.17) is 0 Å². The number of hydrogen-bond donors (Lipinski definition) is 1. The Kier molecular flexibility index (Phi) is 5.36. The van der Waals surface area contributed by atoms with Crippen molar-refractivity contribution in [1.29, 1.82) is 0 Å². The lowest BCUT2D eigenvalue weighted by atomic mass is 10.1. The van der Waals surface area contributed by atoms with Crippen LogP contribution in [0.3, 0.4) is 0 Å². The van der Waals surface area contributed by atoms with Crippen LogP contribution >= 0.6 is 43.2 Å². The maximum absolute atomic E-state index is 4.22. The number of nitrogens with one attached hydrogen (secondary N) is 1. The van der Waals surface area contributed by atoms with Crippen LogP contribution < -0.4 is 5.32 Å². The molecule has 1 N–H and O–H groups in total. The normalized spacial score (nSPS) is 12.6. The molecule has 0 aliphatic carbocycles. The molecule has 0 saturated heterocycles. The third-order valence-corrected chi connectivity index (χ3v) is 5.03. The third kappa shape index (κ3) is 3.63. The Morgan fingerprint density at radius 3 is 2.83 bits per heavy atom. The first-order valence-electron chi connectivity index (χ1n) is 5.76. The van der Waals surface area contributed by atoms with Crippen LogP contribution in [0.4, 0.5) is 0 Å². The van der Waals surface area contributed by atoms with Crippen molar-refractivity contribution in [3.63, 3.8) is 0 Å². The zero-order valence-corrected chi connectivity index (χ0v) is 14.0. The summed E-state index contributed by atoms with van der Waals surface area (Å²) in [6.45, 7) is 3.09. The zero-order valence-electron chi connectivity index (χ0n) is 9.99. The SMILES string of the molecule is CCNC(Cc1cncc(Br)c1)c1sccc1Br. The van der Waals surface area contributed by atoms with E-state index in [1.807, 2.05) is 12.4 Å². The maximum Gasteiger partial charge on any atom is 0.0467 e. The Balaban J connectivity index is 2.19. The minimum Gasteiger partial charge on any atom is -0.309 e. The summed E-state index contributed by atoms with van der Waals surface area (Å²) in [5.41, 5.74) is 1.23. The molecule has 2 aromatic rings. The van der Waals surface area contributed by atoms with Gasteiger partial charge < -0.3 is 5.32 Å².